The Kier molecular flexibility index (Phi) is 7.67. The van der Waals surface area contributed by atoms with Gasteiger partial charge in [0.2, 0.25) is 0 Å². The van der Waals surface area contributed by atoms with Crippen LogP contribution >= 0.6 is 11.6 Å². The molecule has 0 bridgehead atoms. The van der Waals surface area contributed by atoms with Gasteiger partial charge in [-0.3, -0.25) is 9.69 Å². The number of aromatic nitrogens is 1. The fourth-order valence-corrected chi connectivity index (χ4v) is 4.90. The molecule has 1 aromatic heterocycles. The van der Waals surface area contributed by atoms with Crippen LogP contribution in [0.4, 0.5) is 16.3 Å². The van der Waals surface area contributed by atoms with Gasteiger partial charge in [-0.2, -0.15) is 0 Å². The lowest BCUT2D eigenvalue weighted by molar-refractivity contribution is 0.102. The average molecular weight is 526 g/mol. The van der Waals surface area contributed by atoms with Gasteiger partial charge in [0.1, 0.15) is 5.82 Å². The summed E-state index contributed by atoms with van der Waals surface area (Å²) in [5.74, 6) is 0.0542. The molecule has 2 heterocycles. The molecule has 38 heavy (non-hydrogen) atoms. The van der Waals surface area contributed by atoms with Crippen LogP contribution in [0.1, 0.15) is 27.9 Å². The number of nitrogens with one attached hydrogen (secondary N) is 3. The smallest absolute Gasteiger partial charge is 0.319 e. The number of carbonyl (C=O) groups is 2. The van der Waals surface area contributed by atoms with Gasteiger partial charge in [0.05, 0.1) is 10.6 Å². The molecule has 0 radical (unpaired) electrons. The summed E-state index contributed by atoms with van der Waals surface area (Å²) in [6.07, 6.45) is 2.25. The third kappa shape index (κ3) is 6.19. The molecule has 5 rings (SSSR count). The molecule has 1 aliphatic rings. The first kappa shape index (κ1) is 25.4. The van der Waals surface area contributed by atoms with Crippen LogP contribution in [0.25, 0.3) is 0 Å². The van der Waals surface area contributed by atoms with Crippen molar-refractivity contribution in [3.8, 4) is 0 Å². The zero-order valence-corrected chi connectivity index (χ0v) is 21.5. The summed E-state index contributed by atoms with van der Waals surface area (Å²) in [6, 6.07) is 30.2. The molecule has 8 heteroatoms. The van der Waals surface area contributed by atoms with E-state index in [1.807, 2.05) is 36.4 Å². The third-order valence-corrected chi connectivity index (χ3v) is 6.85. The van der Waals surface area contributed by atoms with Crippen LogP contribution < -0.4 is 16.0 Å². The highest BCUT2D eigenvalue weighted by Crippen LogP contribution is 2.33. The second-order valence-corrected chi connectivity index (χ2v) is 9.81. The fourth-order valence-electron chi connectivity index (χ4n) is 4.79. The van der Waals surface area contributed by atoms with Gasteiger partial charge >= 0.3 is 6.03 Å². The Morgan fingerprint density at radius 2 is 1.66 bits per heavy atom. The summed E-state index contributed by atoms with van der Waals surface area (Å²) in [6.45, 7) is 2.37. The van der Waals surface area contributed by atoms with Crippen LogP contribution in [0.15, 0.2) is 103 Å². The zero-order chi connectivity index (χ0) is 26.4. The summed E-state index contributed by atoms with van der Waals surface area (Å²) in [7, 11) is 0. The molecule has 3 aromatic carbocycles. The van der Waals surface area contributed by atoms with Crippen molar-refractivity contribution in [1.82, 2.24) is 15.2 Å². The van der Waals surface area contributed by atoms with E-state index >= 15 is 0 Å². The maximum atomic E-state index is 13.3. The number of anilines is 2. The maximum absolute atomic E-state index is 13.3. The molecule has 0 aliphatic carbocycles. The molecule has 0 saturated carbocycles. The quantitative estimate of drug-likeness (QED) is 0.280. The van der Waals surface area contributed by atoms with E-state index in [2.05, 4.69) is 50.1 Å². The second kappa shape index (κ2) is 11.5. The molecule has 0 spiro atoms. The first-order valence-electron chi connectivity index (χ1n) is 12.4. The highest BCUT2D eigenvalue weighted by atomic mass is 35.5. The van der Waals surface area contributed by atoms with Gasteiger partial charge in [-0.05, 0) is 47.9 Å². The van der Waals surface area contributed by atoms with Gasteiger partial charge in [-0.25, -0.2) is 9.78 Å². The molecule has 192 valence electrons. The number of urea groups is 1. The van der Waals surface area contributed by atoms with E-state index in [0.29, 0.717) is 28.6 Å². The number of amides is 3. The van der Waals surface area contributed by atoms with Crippen LogP contribution in [0.5, 0.6) is 0 Å². The van der Waals surface area contributed by atoms with Crippen molar-refractivity contribution < 1.29 is 9.59 Å². The Morgan fingerprint density at radius 3 is 2.39 bits per heavy atom. The van der Waals surface area contributed by atoms with E-state index in [1.54, 1.807) is 36.4 Å². The molecule has 1 atom stereocenters. The SMILES string of the molecule is O=C(Nc1cccc(C(=O)Nc2ccc(Cl)cn2)c1)NC1(c2ccccc2)CCN(Cc2ccccc2)C1. The summed E-state index contributed by atoms with van der Waals surface area (Å²) in [4.78, 5) is 32.4. The van der Waals surface area contributed by atoms with Gasteiger partial charge in [-0.15, -0.1) is 0 Å². The number of nitrogens with zero attached hydrogens (tertiary/aromatic N) is 2. The minimum Gasteiger partial charge on any atom is -0.327 e. The Labute approximate surface area is 226 Å². The van der Waals surface area contributed by atoms with Crippen molar-refractivity contribution in [3.05, 3.63) is 125 Å². The minimum absolute atomic E-state index is 0.327. The van der Waals surface area contributed by atoms with E-state index in [4.69, 9.17) is 11.6 Å². The highest BCUT2D eigenvalue weighted by Gasteiger charge is 2.40. The number of benzene rings is 3. The lowest BCUT2D eigenvalue weighted by Gasteiger charge is -2.31. The molecule has 4 aromatic rings. The third-order valence-electron chi connectivity index (χ3n) is 6.63. The minimum atomic E-state index is -0.532. The number of hydrogen-bond acceptors (Lipinski definition) is 4. The van der Waals surface area contributed by atoms with Gasteiger partial charge in [0, 0.05) is 37.1 Å². The van der Waals surface area contributed by atoms with Crippen LogP contribution in [0.3, 0.4) is 0 Å². The number of likely N-dealkylation sites (tertiary alicyclic amines) is 1. The van der Waals surface area contributed by atoms with Crippen molar-refractivity contribution in [2.75, 3.05) is 23.7 Å². The second-order valence-electron chi connectivity index (χ2n) is 9.37. The van der Waals surface area contributed by atoms with E-state index in [0.717, 1.165) is 25.1 Å². The van der Waals surface area contributed by atoms with Crippen LogP contribution in [-0.2, 0) is 12.1 Å². The number of carbonyl (C=O) groups excluding carboxylic acids is 2. The molecule has 7 nitrogen and oxygen atoms in total. The van der Waals surface area contributed by atoms with Crippen molar-refractivity contribution in [1.29, 1.82) is 0 Å². The lowest BCUT2D eigenvalue weighted by atomic mass is 9.89. The van der Waals surface area contributed by atoms with Crippen LogP contribution in [-0.4, -0.2) is 34.9 Å². The maximum Gasteiger partial charge on any atom is 0.319 e. The number of rotatable bonds is 7. The lowest BCUT2D eigenvalue weighted by Crippen LogP contribution is -2.49. The van der Waals surface area contributed by atoms with E-state index in [9.17, 15) is 9.59 Å². The first-order chi connectivity index (χ1) is 18.5. The number of halogens is 1. The molecular formula is C30H28ClN5O2. The normalized spacial score (nSPS) is 17.1. The van der Waals surface area contributed by atoms with Crippen molar-refractivity contribution in [2.24, 2.45) is 0 Å². The monoisotopic (exact) mass is 525 g/mol. The van der Waals surface area contributed by atoms with Gasteiger partial charge in [0.15, 0.2) is 0 Å². The number of pyridine rings is 1. The Hall–Kier alpha value is -4.20. The van der Waals surface area contributed by atoms with Crippen LogP contribution in [0.2, 0.25) is 5.02 Å². The molecule has 3 N–H and O–H groups in total. The van der Waals surface area contributed by atoms with E-state index in [1.165, 1.54) is 11.8 Å². The van der Waals surface area contributed by atoms with Gasteiger partial charge in [0.25, 0.3) is 5.91 Å². The molecular weight excluding hydrogens is 498 g/mol. The largest absolute Gasteiger partial charge is 0.327 e. The predicted molar refractivity (Wildman–Crippen MR) is 150 cm³/mol. The number of hydrogen-bond donors (Lipinski definition) is 3. The molecule has 1 unspecified atom stereocenters. The summed E-state index contributed by atoms with van der Waals surface area (Å²) < 4.78 is 0. The summed E-state index contributed by atoms with van der Waals surface area (Å²) in [5.41, 5.74) is 2.68. The molecule has 1 fully saturated rings. The molecule has 3 amide bonds. The topological polar surface area (TPSA) is 86.4 Å². The standard InChI is InChI=1S/C30H28ClN5O2/c31-25-14-15-27(32-19-25)34-28(37)23-10-7-13-26(18-23)33-29(38)35-30(24-11-5-2-6-12-24)16-17-36(21-30)20-22-8-3-1-4-9-22/h1-15,18-19H,16-17,20-21H2,(H,32,34,37)(H2,33,35,38). The molecule has 1 aliphatic heterocycles. The Balaban J connectivity index is 1.28. The summed E-state index contributed by atoms with van der Waals surface area (Å²) >= 11 is 5.86. The average Bonchev–Trinajstić information content (AvgIpc) is 3.34. The zero-order valence-electron chi connectivity index (χ0n) is 20.7. The summed E-state index contributed by atoms with van der Waals surface area (Å²) in [5, 5.41) is 9.38. The fraction of sp³-hybridized carbons (Fsp3) is 0.167. The van der Waals surface area contributed by atoms with E-state index in [-0.39, 0.29) is 11.9 Å². The van der Waals surface area contributed by atoms with Crippen LogP contribution in [0, 0.1) is 0 Å². The Morgan fingerprint density at radius 1 is 0.895 bits per heavy atom. The van der Waals surface area contributed by atoms with Crippen molar-refractivity contribution >= 4 is 35.0 Å². The van der Waals surface area contributed by atoms with Crippen molar-refractivity contribution in [2.45, 2.75) is 18.5 Å². The van der Waals surface area contributed by atoms with E-state index < -0.39 is 5.54 Å². The Bertz CT molecular complexity index is 1400. The van der Waals surface area contributed by atoms with Crippen molar-refractivity contribution in [3.63, 3.8) is 0 Å². The van der Waals surface area contributed by atoms with Gasteiger partial charge < -0.3 is 16.0 Å². The predicted octanol–water partition coefficient (Wildman–Crippen LogP) is 5.91. The van der Waals surface area contributed by atoms with Gasteiger partial charge in [-0.1, -0.05) is 78.3 Å². The first-order valence-corrected chi connectivity index (χ1v) is 12.8. The highest BCUT2D eigenvalue weighted by molar-refractivity contribution is 6.30. The molecule has 1 saturated heterocycles.